The molecule has 1 aromatic rings. The van der Waals surface area contributed by atoms with Crippen molar-refractivity contribution >= 4 is 6.08 Å². The molecule has 0 radical (unpaired) electrons. The van der Waals surface area contributed by atoms with Gasteiger partial charge in [-0.3, -0.25) is 5.73 Å². The molecule has 14 heavy (non-hydrogen) atoms. The number of rotatable bonds is 2. The van der Waals surface area contributed by atoms with E-state index in [1.165, 1.54) is 6.08 Å². The number of hydrogen-bond donors (Lipinski definition) is 3. The van der Waals surface area contributed by atoms with Gasteiger partial charge in [0.15, 0.2) is 0 Å². The van der Waals surface area contributed by atoms with Crippen LogP contribution in [0.5, 0.6) is 0 Å². The largest absolute Gasteiger partial charge is 0.349 e. The molecule has 0 spiro atoms. The second-order valence-electron chi connectivity index (χ2n) is 2.81. The lowest BCUT2D eigenvalue weighted by Gasteiger charge is -2.13. The SMILES string of the molecule is N#C/C(=C/c1ccccc1)C(N)(O)O. The molecule has 0 fully saturated rings. The third-order valence-corrected chi connectivity index (χ3v) is 1.63. The Morgan fingerprint density at radius 3 is 2.36 bits per heavy atom. The van der Waals surface area contributed by atoms with E-state index >= 15 is 0 Å². The smallest absolute Gasteiger partial charge is 0.258 e. The molecule has 4 N–H and O–H groups in total. The van der Waals surface area contributed by atoms with E-state index in [1.54, 1.807) is 30.3 Å². The summed E-state index contributed by atoms with van der Waals surface area (Å²) in [7, 11) is 0. The number of benzene rings is 1. The van der Waals surface area contributed by atoms with Gasteiger partial charge in [-0.2, -0.15) is 5.26 Å². The molecule has 0 saturated heterocycles. The van der Waals surface area contributed by atoms with Crippen LogP contribution in [0, 0.1) is 11.3 Å². The van der Waals surface area contributed by atoms with Gasteiger partial charge < -0.3 is 10.2 Å². The number of nitrogens with two attached hydrogens (primary N) is 1. The summed E-state index contributed by atoms with van der Waals surface area (Å²) < 4.78 is 0. The summed E-state index contributed by atoms with van der Waals surface area (Å²) in [5.41, 5.74) is 5.34. The molecule has 0 unspecified atom stereocenters. The van der Waals surface area contributed by atoms with Crippen LogP contribution in [0.1, 0.15) is 5.56 Å². The van der Waals surface area contributed by atoms with E-state index in [1.807, 2.05) is 6.07 Å². The summed E-state index contributed by atoms with van der Waals surface area (Å²) in [6.07, 6.45) is 1.32. The minimum Gasteiger partial charge on any atom is -0.349 e. The highest BCUT2D eigenvalue weighted by Gasteiger charge is 2.22. The predicted octanol–water partition coefficient (Wildman–Crippen LogP) is 0.191. The fraction of sp³-hybridized carbons (Fsp3) is 0.100. The maximum absolute atomic E-state index is 8.98. The van der Waals surface area contributed by atoms with Gasteiger partial charge in [0, 0.05) is 0 Å². The van der Waals surface area contributed by atoms with Gasteiger partial charge >= 0.3 is 0 Å². The molecule has 1 rings (SSSR count). The van der Waals surface area contributed by atoms with Crippen molar-refractivity contribution in [3.05, 3.63) is 41.5 Å². The van der Waals surface area contributed by atoms with E-state index < -0.39 is 5.91 Å². The van der Waals surface area contributed by atoms with Crippen LogP contribution in [0.25, 0.3) is 6.08 Å². The number of hydrogen-bond acceptors (Lipinski definition) is 4. The molecular formula is C10H10N2O2. The molecule has 0 saturated carbocycles. The van der Waals surface area contributed by atoms with Gasteiger partial charge in [-0.25, -0.2) is 0 Å². The molecule has 0 aromatic heterocycles. The Kier molecular flexibility index (Phi) is 2.99. The molecular weight excluding hydrogens is 180 g/mol. The maximum atomic E-state index is 8.98. The zero-order valence-corrected chi connectivity index (χ0v) is 7.38. The van der Waals surface area contributed by atoms with Crippen molar-refractivity contribution in [3.8, 4) is 6.07 Å². The molecule has 4 nitrogen and oxygen atoms in total. The first-order valence-electron chi connectivity index (χ1n) is 3.95. The van der Waals surface area contributed by atoms with Crippen LogP contribution in [0.2, 0.25) is 0 Å². The highest BCUT2D eigenvalue weighted by molar-refractivity contribution is 5.58. The summed E-state index contributed by atoms with van der Waals surface area (Å²) in [5.74, 6) is -2.58. The van der Waals surface area contributed by atoms with E-state index in [2.05, 4.69) is 0 Å². The maximum Gasteiger partial charge on any atom is 0.258 e. The number of aliphatic hydroxyl groups is 2. The Bertz CT molecular complexity index is 371. The predicted molar refractivity (Wildman–Crippen MR) is 51.4 cm³/mol. The lowest BCUT2D eigenvalue weighted by Crippen LogP contribution is -2.40. The first-order valence-corrected chi connectivity index (χ1v) is 3.95. The minimum absolute atomic E-state index is 0.302. The fourth-order valence-electron chi connectivity index (χ4n) is 0.937. The van der Waals surface area contributed by atoms with Gasteiger partial charge in [-0.15, -0.1) is 0 Å². The molecule has 0 bridgehead atoms. The fourth-order valence-corrected chi connectivity index (χ4v) is 0.937. The van der Waals surface area contributed by atoms with Gasteiger partial charge in [-0.1, -0.05) is 30.3 Å². The van der Waals surface area contributed by atoms with Crippen LogP contribution in [-0.2, 0) is 0 Å². The molecule has 0 aliphatic carbocycles. The standard InChI is InChI=1S/C10H10N2O2/c11-7-9(10(12,13)14)6-8-4-2-1-3-5-8/h1-6,13-14H,12H2/b9-6-. The Balaban J connectivity index is 3.04. The molecule has 4 heteroatoms. The molecule has 0 amide bonds. The van der Waals surface area contributed by atoms with E-state index in [-0.39, 0.29) is 5.57 Å². The van der Waals surface area contributed by atoms with E-state index in [9.17, 15) is 0 Å². The van der Waals surface area contributed by atoms with Crippen LogP contribution in [0.3, 0.4) is 0 Å². The molecule has 0 aliphatic heterocycles. The zero-order valence-electron chi connectivity index (χ0n) is 7.38. The summed E-state index contributed by atoms with van der Waals surface area (Å²) in [4.78, 5) is 0. The zero-order chi connectivity index (χ0) is 10.6. The Morgan fingerprint density at radius 2 is 1.93 bits per heavy atom. The van der Waals surface area contributed by atoms with Crippen molar-refractivity contribution in [2.45, 2.75) is 5.91 Å². The lowest BCUT2D eigenvalue weighted by atomic mass is 10.1. The summed E-state index contributed by atoms with van der Waals surface area (Å²) >= 11 is 0. The first kappa shape index (κ1) is 10.4. The topological polar surface area (TPSA) is 90.3 Å². The molecule has 72 valence electrons. The van der Waals surface area contributed by atoms with E-state index in [0.717, 1.165) is 0 Å². The molecule has 0 aliphatic rings. The third kappa shape index (κ3) is 2.68. The van der Waals surface area contributed by atoms with E-state index in [0.29, 0.717) is 5.56 Å². The van der Waals surface area contributed by atoms with Crippen LogP contribution in [0.15, 0.2) is 35.9 Å². The average Bonchev–Trinajstić information content (AvgIpc) is 2.14. The lowest BCUT2D eigenvalue weighted by molar-refractivity contribution is -0.117. The number of nitriles is 1. The average molecular weight is 190 g/mol. The quantitative estimate of drug-likeness (QED) is 0.458. The normalized spacial score (nSPS) is 12.3. The Morgan fingerprint density at radius 1 is 1.36 bits per heavy atom. The van der Waals surface area contributed by atoms with Crippen molar-refractivity contribution in [3.63, 3.8) is 0 Å². The molecule has 0 heterocycles. The van der Waals surface area contributed by atoms with E-state index in [4.69, 9.17) is 21.2 Å². The summed E-state index contributed by atoms with van der Waals surface area (Å²) in [5, 5.41) is 26.6. The number of nitrogens with zero attached hydrogens (tertiary/aromatic N) is 1. The van der Waals surface area contributed by atoms with Gasteiger partial charge in [0.1, 0.15) is 11.6 Å². The second-order valence-corrected chi connectivity index (χ2v) is 2.81. The minimum atomic E-state index is -2.58. The highest BCUT2D eigenvalue weighted by Crippen LogP contribution is 2.11. The highest BCUT2D eigenvalue weighted by atomic mass is 16.5. The Hall–Kier alpha value is -1.67. The monoisotopic (exact) mass is 190 g/mol. The van der Waals surface area contributed by atoms with Crippen molar-refractivity contribution in [1.82, 2.24) is 0 Å². The third-order valence-electron chi connectivity index (χ3n) is 1.63. The van der Waals surface area contributed by atoms with Gasteiger partial charge in [0.2, 0.25) is 0 Å². The van der Waals surface area contributed by atoms with Crippen LogP contribution in [0.4, 0.5) is 0 Å². The van der Waals surface area contributed by atoms with Crippen molar-refractivity contribution in [2.75, 3.05) is 0 Å². The Labute approximate surface area is 81.5 Å². The van der Waals surface area contributed by atoms with Crippen molar-refractivity contribution < 1.29 is 10.2 Å². The first-order chi connectivity index (χ1) is 6.54. The van der Waals surface area contributed by atoms with Crippen LogP contribution in [-0.4, -0.2) is 16.1 Å². The van der Waals surface area contributed by atoms with Crippen LogP contribution < -0.4 is 5.73 Å². The van der Waals surface area contributed by atoms with Crippen molar-refractivity contribution in [1.29, 1.82) is 5.26 Å². The summed E-state index contributed by atoms with van der Waals surface area (Å²) in [6, 6.07) is 10.4. The second kappa shape index (κ2) is 4.03. The van der Waals surface area contributed by atoms with Gasteiger partial charge in [0.05, 0.1) is 0 Å². The molecule has 1 aromatic carbocycles. The van der Waals surface area contributed by atoms with Crippen LogP contribution >= 0.6 is 0 Å². The van der Waals surface area contributed by atoms with Gasteiger partial charge in [0.25, 0.3) is 5.91 Å². The summed E-state index contributed by atoms with van der Waals surface area (Å²) in [6.45, 7) is 0. The van der Waals surface area contributed by atoms with Crippen molar-refractivity contribution in [2.24, 2.45) is 5.73 Å². The van der Waals surface area contributed by atoms with Gasteiger partial charge in [-0.05, 0) is 11.6 Å². The molecule has 0 atom stereocenters.